The Balaban J connectivity index is 2.06. The van der Waals surface area contributed by atoms with E-state index in [4.69, 9.17) is 21.1 Å². The Bertz CT molecular complexity index is 697. The highest BCUT2D eigenvalue weighted by Gasteiger charge is 2.12. The zero-order chi connectivity index (χ0) is 17.4. The lowest BCUT2D eigenvalue weighted by molar-refractivity contribution is 0.102. The van der Waals surface area contributed by atoms with E-state index in [0.29, 0.717) is 35.4 Å². The second-order valence-corrected chi connectivity index (χ2v) is 5.30. The van der Waals surface area contributed by atoms with Crippen molar-refractivity contribution in [3.05, 3.63) is 41.3 Å². The van der Waals surface area contributed by atoms with Gasteiger partial charge in [-0.3, -0.25) is 4.79 Å². The number of carbonyl (C=O) groups is 1. The number of anilines is 2. The first kappa shape index (κ1) is 18.0. The molecule has 2 N–H and O–H groups in total. The molecule has 24 heavy (non-hydrogen) atoms. The maximum absolute atomic E-state index is 12.4. The van der Waals surface area contributed by atoms with Crippen molar-refractivity contribution in [1.82, 2.24) is 9.97 Å². The molecule has 0 aliphatic rings. The summed E-state index contributed by atoms with van der Waals surface area (Å²) in [4.78, 5) is 20.5. The number of carbonyl (C=O) groups excluding carboxylic acids is 1. The maximum atomic E-state index is 12.4. The molecule has 1 amide bonds. The average molecular weight is 351 g/mol. The summed E-state index contributed by atoms with van der Waals surface area (Å²) in [7, 11) is 3.17. The quantitative estimate of drug-likeness (QED) is 0.712. The minimum Gasteiger partial charge on any atom is -0.495 e. The molecule has 0 bridgehead atoms. The van der Waals surface area contributed by atoms with Crippen LogP contribution in [0.3, 0.4) is 0 Å². The van der Waals surface area contributed by atoms with E-state index >= 15 is 0 Å². The number of nitrogens with zero attached hydrogens (tertiary/aromatic N) is 2. The number of rotatable bonds is 8. The number of aromatic nitrogens is 2. The van der Waals surface area contributed by atoms with Crippen molar-refractivity contribution in [2.75, 3.05) is 38.0 Å². The summed E-state index contributed by atoms with van der Waals surface area (Å²) < 4.78 is 10.2. The van der Waals surface area contributed by atoms with E-state index in [-0.39, 0.29) is 11.6 Å². The van der Waals surface area contributed by atoms with Gasteiger partial charge in [-0.1, -0.05) is 11.6 Å². The minimum atomic E-state index is -0.377. The minimum absolute atomic E-state index is 0.237. The van der Waals surface area contributed by atoms with Gasteiger partial charge in [-0.05, 0) is 24.6 Å². The Labute approximate surface area is 145 Å². The Hall–Kier alpha value is -2.38. The lowest BCUT2D eigenvalue weighted by Gasteiger charge is -2.11. The predicted octanol–water partition coefficient (Wildman–Crippen LogP) is 2.84. The Morgan fingerprint density at radius 1 is 1.25 bits per heavy atom. The number of halogens is 1. The number of amides is 1. The molecule has 0 atom stereocenters. The van der Waals surface area contributed by atoms with Crippen LogP contribution in [0.1, 0.15) is 16.9 Å². The van der Waals surface area contributed by atoms with Gasteiger partial charge in [0.05, 0.1) is 12.8 Å². The van der Waals surface area contributed by atoms with E-state index < -0.39 is 0 Å². The van der Waals surface area contributed by atoms with Crippen LogP contribution in [0, 0.1) is 0 Å². The first-order valence-electron chi connectivity index (χ1n) is 7.33. The smallest absolute Gasteiger partial charge is 0.274 e. The summed E-state index contributed by atoms with van der Waals surface area (Å²) in [5.74, 6) is 0.710. The second-order valence-electron chi connectivity index (χ2n) is 4.86. The molecule has 0 fully saturated rings. The number of benzene rings is 1. The van der Waals surface area contributed by atoms with Crippen LogP contribution in [-0.2, 0) is 4.74 Å². The van der Waals surface area contributed by atoms with Crippen LogP contribution in [0.15, 0.2) is 30.6 Å². The summed E-state index contributed by atoms with van der Waals surface area (Å²) >= 11 is 5.96. The van der Waals surface area contributed by atoms with E-state index in [1.807, 2.05) is 0 Å². The van der Waals surface area contributed by atoms with Crippen LogP contribution in [0.4, 0.5) is 11.5 Å². The molecule has 1 aromatic heterocycles. The maximum Gasteiger partial charge on any atom is 0.274 e. The Morgan fingerprint density at radius 2 is 2.08 bits per heavy atom. The lowest BCUT2D eigenvalue weighted by Crippen LogP contribution is -2.15. The Morgan fingerprint density at radius 3 is 2.83 bits per heavy atom. The van der Waals surface area contributed by atoms with Crippen LogP contribution >= 0.6 is 11.6 Å². The average Bonchev–Trinajstić information content (AvgIpc) is 2.59. The van der Waals surface area contributed by atoms with Gasteiger partial charge in [0.25, 0.3) is 5.91 Å². The topological polar surface area (TPSA) is 85.4 Å². The molecule has 7 nitrogen and oxygen atoms in total. The number of hydrogen-bond donors (Lipinski definition) is 2. The van der Waals surface area contributed by atoms with E-state index in [0.717, 1.165) is 6.42 Å². The molecule has 0 radical (unpaired) electrons. The molecule has 8 heteroatoms. The van der Waals surface area contributed by atoms with Crippen molar-refractivity contribution in [1.29, 1.82) is 0 Å². The molecule has 0 aliphatic carbocycles. The monoisotopic (exact) mass is 350 g/mol. The summed E-state index contributed by atoms with van der Waals surface area (Å²) in [5, 5.41) is 6.34. The summed E-state index contributed by atoms with van der Waals surface area (Å²) in [6, 6.07) is 6.56. The summed E-state index contributed by atoms with van der Waals surface area (Å²) in [6.45, 7) is 1.34. The molecule has 0 spiro atoms. The highest BCUT2D eigenvalue weighted by atomic mass is 35.5. The molecular formula is C16H19ClN4O3. The third-order valence-electron chi connectivity index (χ3n) is 3.14. The predicted molar refractivity (Wildman–Crippen MR) is 93.0 cm³/mol. The second kappa shape index (κ2) is 9.05. The molecule has 0 saturated carbocycles. The van der Waals surface area contributed by atoms with E-state index in [9.17, 15) is 4.79 Å². The number of methoxy groups -OCH3 is 2. The van der Waals surface area contributed by atoms with Gasteiger partial charge in [0.1, 0.15) is 23.6 Å². The normalized spacial score (nSPS) is 10.3. The van der Waals surface area contributed by atoms with Crippen molar-refractivity contribution >= 4 is 29.0 Å². The number of ether oxygens (including phenoxy) is 2. The summed E-state index contributed by atoms with van der Waals surface area (Å²) in [6.07, 6.45) is 2.17. The van der Waals surface area contributed by atoms with Crippen molar-refractivity contribution in [3.63, 3.8) is 0 Å². The molecule has 0 saturated heterocycles. The highest BCUT2D eigenvalue weighted by molar-refractivity contribution is 6.31. The van der Waals surface area contributed by atoms with Crippen molar-refractivity contribution in [2.24, 2.45) is 0 Å². The van der Waals surface area contributed by atoms with Crippen LogP contribution in [-0.4, -0.2) is 43.2 Å². The molecule has 1 heterocycles. The van der Waals surface area contributed by atoms with Crippen molar-refractivity contribution in [3.8, 4) is 5.75 Å². The van der Waals surface area contributed by atoms with Crippen LogP contribution in [0.5, 0.6) is 5.75 Å². The third-order valence-corrected chi connectivity index (χ3v) is 3.38. The van der Waals surface area contributed by atoms with Gasteiger partial charge in [0.2, 0.25) is 0 Å². The number of nitrogens with one attached hydrogen (secondary N) is 2. The largest absolute Gasteiger partial charge is 0.495 e. The van der Waals surface area contributed by atoms with Gasteiger partial charge in [0.15, 0.2) is 0 Å². The fourth-order valence-electron chi connectivity index (χ4n) is 1.98. The molecule has 128 valence electrons. The standard InChI is InChI=1S/C16H19ClN4O3/c1-23-7-3-6-18-15-9-13(19-10-20-15)16(22)21-12-8-11(17)4-5-14(12)24-2/h4-5,8-10H,3,6-7H2,1-2H3,(H,21,22)(H,18,19,20). The first-order chi connectivity index (χ1) is 11.6. The zero-order valence-corrected chi connectivity index (χ0v) is 14.3. The van der Waals surface area contributed by atoms with Gasteiger partial charge in [-0.15, -0.1) is 0 Å². The van der Waals surface area contributed by atoms with E-state index in [1.54, 1.807) is 31.4 Å². The first-order valence-corrected chi connectivity index (χ1v) is 7.71. The van der Waals surface area contributed by atoms with Crippen molar-refractivity contribution in [2.45, 2.75) is 6.42 Å². The van der Waals surface area contributed by atoms with Gasteiger partial charge in [-0.25, -0.2) is 9.97 Å². The van der Waals surface area contributed by atoms with Gasteiger partial charge < -0.3 is 20.1 Å². The zero-order valence-electron chi connectivity index (χ0n) is 13.5. The molecular weight excluding hydrogens is 332 g/mol. The molecule has 2 rings (SSSR count). The SMILES string of the molecule is COCCCNc1cc(C(=O)Nc2cc(Cl)ccc2OC)ncn1. The van der Waals surface area contributed by atoms with E-state index in [1.165, 1.54) is 13.4 Å². The summed E-state index contributed by atoms with van der Waals surface area (Å²) in [5.41, 5.74) is 0.712. The molecule has 0 aliphatic heterocycles. The lowest BCUT2D eigenvalue weighted by atomic mass is 10.2. The molecule has 2 aromatic rings. The van der Waals surface area contributed by atoms with Crippen molar-refractivity contribution < 1.29 is 14.3 Å². The fraction of sp³-hybridized carbons (Fsp3) is 0.312. The Kier molecular flexibility index (Phi) is 6.77. The third kappa shape index (κ3) is 5.07. The highest BCUT2D eigenvalue weighted by Crippen LogP contribution is 2.28. The van der Waals surface area contributed by atoms with E-state index in [2.05, 4.69) is 20.6 Å². The van der Waals surface area contributed by atoms with Gasteiger partial charge in [0, 0.05) is 31.4 Å². The van der Waals surface area contributed by atoms with Crippen LogP contribution in [0.25, 0.3) is 0 Å². The molecule has 0 unspecified atom stereocenters. The fourth-order valence-corrected chi connectivity index (χ4v) is 2.15. The number of hydrogen-bond acceptors (Lipinski definition) is 6. The molecule has 1 aromatic carbocycles. The van der Waals surface area contributed by atoms with Crippen LogP contribution in [0.2, 0.25) is 5.02 Å². The van der Waals surface area contributed by atoms with Gasteiger partial charge >= 0.3 is 0 Å². The van der Waals surface area contributed by atoms with Crippen LogP contribution < -0.4 is 15.4 Å². The van der Waals surface area contributed by atoms with Gasteiger partial charge in [-0.2, -0.15) is 0 Å².